The van der Waals surface area contributed by atoms with E-state index in [1.54, 1.807) is 25.1 Å². The number of nitrogen functional groups attached to an aromatic ring is 2. The van der Waals surface area contributed by atoms with Crippen molar-refractivity contribution in [1.82, 2.24) is 9.97 Å². The molecule has 1 unspecified atom stereocenters. The largest absolute Gasteiger partial charge is 0.486 e. The number of carbonyl (C=O) groups excluding carboxylic acids is 1. The molecule has 0 spiro atoms. The Morgan fingerprint density at radius 1 is 1.13 bits per heavy atom. The van der Waals surface area contributed by atoms with Crippen LogP contribution in [0.1, 0.15) is 24.2 Å². The third kappa shape index (κ3) is 4.79. The molecule has 3 rings (SSSR count). The zero-order chi connectivity index (χ0) is 21.8. The summed E-state index contributed by atoms with van der Waals surface area (Å²) in [6.07, 6.45) is 3.84. The molecule has 0 bridgehead atoms. The first-order chi connectivity index (χ1) is 14.3. The Bertz CT molecular complexity index is 1080. The molecule has 0 aliphatic carbocycles. The quantitative estimate of drug-likeness (QED) is 0.333. The number of benzene rings is 1. The van der Waals surface area contributed by atoms with Crippen LogP contribution in [0.4, 0.5) is 17.2 Å². The van der Waals surface area contributed by atoms with Crippen LogP contribution in [0, 0.1) is 5.41 Å². The van der Waals surface area contributed by atoms with E-state index < -0.39 is 12.0 Å². The van der Waals surface area contributed by atoms with Crippen molar-refractivity contribution in [1.29, 1.82) is 5.41 Å². The molecule has 1 atom stereocenters. The van der Waals surface area contributed by atoms with Gasteiger partial charge in [0.2, 0.25) is 0 Å². The monoisotopic (exact) mass is 444 g/mol. The van der Waals surface area contributed by atoms with E-state index in [2.05, 4.69) is 15.3 Å². The molecule has 0 saturated heterocycles. The average Bonchev–Trinajstić information content (AvgIpc) is 2.70. The number of nitrogens with one attached hydrogen (secondary N) is 2. The van der Waals surface area contributed by atoms with E-state index in [1.807, 2.05) is 0 Å². The first-order valence-electron chi connectivity index (χ1n) is 8.73. The van der Waals surface area contributed by atoms with Crippen LogP contribution >= 0.6 is 23.2 Å². The number of halogens is 2. The molecular formula is C20H18Cl2N6O2. The highest BCUT2D eigenvalue weighted by atomic mass is 35.5. The summed E-state index contributed by atoms with van der Waals surface area (Å²) >= 11 is 12.4. The second kappa shape index (κ2) is 8.98. The summed E-state index contributed by atoms with van der Waals surface area (Å²) in [4.78, 5) is 20.4. The Labute approximate surface area is 182 Å². The molecule has 0 aliphatic rings. The number of nitrogens with zero attached hydrogens (tertiary/aromatic N) is 2. The number of amides is 1. The standard InChI is InChI=1S/C20H18Cl2N6O2/c1-10(18-14(21)8-26-9-15(18)22)30-12-3-4-16(24)13(6-12)19(25)20(29)28-17-5-2-11(23)7-27-17/h2-10,25H,23-24H2,1H3,(H,27,28,29). The fourth-order valence-corrected chi connectivity index (χ4v) is 3.35. The van der Waals surface area contributed by atoms with Gasteiger partial charge < -0.3 is 21.5 Å². The van der Waals surface area contributed by atoms with E-state index in [4.69, 9.17) is 44.8 Å². The Morgan fingerprint density at radius 2 is 1.83 bits per heavy atom. The lowest BCUT2D eigenvalue weighted by Crippen LogP contribution is -2.24. The minimum absolute atomic E-state index is 0.208. The summed E-state index contributed by atoms with van der Waals surface area (Å²) < 4.78 is 5.91. The van der Waals surface area contributed by atoms with E-state index >= 15 is 0 Å². The maximum atomic E-state index is 12.4. The van der Waals surface area contributed by atoms with Gasteiger partial charge in [0.1, 0.15) is 23.4 Å². The van der Waals surface area contributed by atoms with Gasteiger partial charge in [-0.25, -0.2) is 4.98 Å². The van der Waals surface area contributed by atoms with Crippen molar-refractivity contribution in [2.45, 2.75) is 13.0 Å². The van der Waals surface area contributed by atoms with Crippen molar-refractivity contribution < 1.29 is 9.53 Å². The molecule has 1 amide bonds. The van der Waals surface area contributed by atoms with E-state index in [-0.39, 0.29) is 22.8 Å². The lowest BCUT2D eigenvalue weighted by atomic mass is 10.1. The van der Waals surface area contributed by atoms with E-state index in [1.165, 1.54) is 30.7 Å². The Morgan fingerprint density at radius 3 is 2.47 bits per heavy atom. The van der Waals surface area contributed by atoms with Gasteiger partial charge in [0.05, 0.1) is 21.9 Å². The lowest BCUT2D eigenvalue weighted by Gasteiger charge is -2.18. The Balaban J connectivity index is 1.79. The van der Waals surface area contributed by atoms with Crippen molar-refractivity contribution in [3.8, 4) is 5.75 Å². The number of rotatable bonds is 6. The summed E-state index contributed by atoms with van der Waals surface area (Å²) in [5, 5.41) is 11.5. The average molecular weight is 445 g/mol. The van der Waals surface area contributed by atoms with Gasteiger partial charge in [-0.05, 0) is 37.3 Å². The molecule has 0 aliphatic heterocycles. The van der Waals surface area contributed by atoms with Crippen LogP contribution in [0.15, 0.2) is 48.9 Å². The second-order valence-corrected chi connectivity index (χ2v) is 7.15. The van der Waals surface area contributed by atoms with Gasteiger partial charge in [-0.2, -0.15) is 0 Å². The highest BCUT2D eigenvalue weighted by Crippen LogP contribution is 2.33. The Hall–Kier alpha value is -3.36. The number of pyridine rings is 2. The smallest absolute Gasteiger partial charge is 0.275 e. The van der Waals surface area contributed by atoms with Crippen LogP contribution in [0.3, 0.4) is 0 Å². The summed E-state index contributed by atoms with van der Waals surface area (Å²) in [6.45, 7) is 1.77. The Kier molecular flexibility index (Phi) is 6.39. The van der Waals surface area contributed by atoms with Gasteiger partial charge in [-0.15, -0.1) is 0 Å². The van der Waals surface area contributed by atoms with Gasteiger partial charge in [-0.1, -0.05) is 23.2 Å². The predicted molar refractivity (Wildman–Crippen MR) is 118 cm³/mol. The first-order valence-corrected chi connectivity index (χ1v) is 9.48. The van der Waals surface area contributed by atoms with Crippen LogP contribution in [-0.2, 0) is 4.79 Å². The number of ether oxygens (including phenoxy) is 1. The van der Waals surface area contributed by atoms with E-state index in [9.17, 15) is 4.79 Å². The number of hydrogen-bond donors (Lipinski definition) is 4. The van der Waals surface area contributed by atoms with Gasteiger partial charge in [0.15, 0.2) is 0 Å². The van der Waals surface area contributed by atoms with Crippen molar-refractivity contribution in [2.75, 3.05) is 16.8 Å². The molecular weight excluding hydrogens is 427 g/mol. The molecule has 0 saturated carbocycles. The molecule has 1 aromatic carbocycles. The van der Waals surface area contributed by atoms with Gasteiger partial charge in [0.25, 0.3) is 5.91 Å². The molecule has 154 valence electrons. The van der Waals surface area contributed by atoms with Crippen molar-refractivity contribution in [3.63, 3.8) is 0 Å². The maximum Gasteiger partial charge on any atom is 0.275 e. The highest BCUT2D eigenvalue weighted by Gasteiger charge is 2.19. The molecule has 3 aromatic rings. The van der Waals surface area contributed by atoms with Gasteiger partial charge >= 0.3 is 0 Å². The summed E-state index contributed by atoms with van der Waals surface area (Å²) in [7, 11) is 0. The SMILES string of the molecule is CC(Oc1ccc(N)c(C(=N)C(=O)Nc2ccc(N)cn2)c1)c1c(Cl)cncc1Cl. The molecule has 0 fully saturated rings. The zero-order valence-corrected chi connectivity index (χ0v) is 17.3. The number of hydrogen-bond acceptors (Lipinski definition) is 7. The van der Waals surface area contributed by atoms with Crippen molar-refractivity contribution in [2.24, 2.45) is 0 Å². The summed E-state index contributed by atoms with van der Waals surface area (Å²) in [5.41, 5.74) is 12.7. The number of carbonyl (C=O) groups is 1. The number of aromatic nitrogens is 2. The normalized spacial score (nSPS) is 11.6. The fraction of sp³-hybridized carbons (Fsp3) is 0.100. The zero-order valence-electron chi connectivity index (χ0n) is 15.8. The minimum atomic E-state index is -0.676. The molecule has 2 heterocycles. The van der Waals surface area contributed by atoms with Crippen molar-refractivity contribution >= 4 is 52.0 Å². The topological polar surface area (TPSA) is 140 Å². The molecule has 10 heteroatoms. The molecule has 2 aromatic heterocycles. The number of nitrogens with two attached hydrogens (primary N) is 2. The van der Waals surface area contributed by atoms with Crippen LogP contribution in [-0.4, -0.2) is 21.6 Å². The van der Waals surface area contributed by atoms with Crippen LogP contribution in [0.2, 0.25) is 10.0 Å². The molecule has 0 radical (unpaired) electrons. The molecule has 8 nitrogen and oxygen atoms in total. The molecule has 6 N–H and O–H groups in total. The lowest BCUT2D eigenvalue weighted by molar-refractivity contribution is -0.110. The predicted octanol–water partition coefficient (Wildman–Crippen LogP) is 4.09. The molecule has 30 heavy (non-hydrogen) atoms. The maximum absolute atomic E-state index is 12.4. The van der Waals surface area contributed by atoms with Crippen LogP contribution in [0.5, 0.6) is 5.75 Å². The van der Waals surface area contributed by atoms with E-state index in [0.29, 0.717) is 27.0 Å². The first kappa shape index (κ1) is 21.4. The van der Waals surface area contributed by atoms with Crippen molar-refractivity contribution in [3.05, 3.63) is 70.1 Å². The highest BCUT2D eigenvalue weighted by molar-refractivity contribution is 6.48. The summed E-state index contributed by atoms with van der Waals surface area (Å²) in [5.74, 6) is -0.0243. The minimum Gasteiger partial charge on any atom is -0.486 e. The second-order valence-electron chi connectivity index (χ2n) is 6.33. The summed E-state index contributed by atoms with van der Waals surface area (Å²) in [6, 6.07) is 7.81. The van der Waals surface area contributed by atoms with Crippen LogP contribution < -0.4 is 21.5 Å². The van der Waals surface area contributed by atoms with E-state index in [0.717, 1.165) is 0 Å². The number of anilines is 3. The third-order valence-corrected chi connectivity index (χ3v) is 4.76. The van der Waals surface area contributed by atoms with Gasteiger partial charge in [-0.3, -0.25) is 15.2 Å². The fourth-order valence-electron chi connectivity index (χ4n) is 2.68. The van der Waals surface area contributed by atoms with Crippen LogP contribution in [0.25, 0.3) is 0 Å². The third-order valence-electron chi connectivity index (χ3n) is 4.16. The van der Waals surface area contributed by atoms with Gasteiger partial charge in [0, 0.05) is 29.2 Å².